The van der Waals surface area contributed by atoms with Gasteiger partial charge >= 0.3 is 0 Å². The smallest absolute Gasteiger partial charge is 0.124 e. The van der Waals surface area contributed by atoms with Crippen LogP contribution in [0.3, 0.4) is 0 Å². The minimum Gasteiger partial charge on any atom is -0.301 e. The van der Waals surface area contributed by atoms with Crippen molar-refractivity contribution in [3.05, 3.63) is 35.4 Å². The Balaban J connectivity index is 2.14. The monoisotopic (exact) mass is 257 g/mol. The SMILES string of the molecule is CCN1CCN(C(C#N)c2ccc(C)cc2)C(C)C1. The maximum absolute atomic E-state index is 9.54. The molecule has 1 aliphatic rings. The van der Waals surface area contributed by atoms with Crippen LogP contribution in [0.4, 0.5) is 0 Å². The molecule has 3 heteroatoms. The summed E-state index contributed by atoms with van der Waals surface area (Å²) in [6.45, 7) is 10.7. The van der Waals surface area contributed by atoms with Gasteiger partial charge in [-0.15, -0.1) is 0 Å². The Labute approximate surface area is 116 Å². The lowest BCUT2D eigenvalue weighted by Crippen LogP contribution is -2.52. The fraction of sp³-hybridized carbons (Fsp3) is 0.562. The number of benzene rings is 1. The molecule has 1 fully saturated rings. The standard InChI is InChI=1S/C16H23N3/c1-4-18-9-10-19(14(3)12-18)16(11-17)15-7-5-13(2)6-8-15/h5-8,14,16H,4,9-10,12H2,1-3H3. The Morgan fingerprint density at radius 3 is 2.53 bits per heavy atom. The highest BCUT2D eigenvalue weighted by Crippen LogP contribution is 2.25. The summed E-state index contributed by atoms with van der Waals surface area (Å²) in [6, 6.07) is 11.1. The lowest BCUT2D eigenvalue weighted by molar-refractivity contribution is 0.0683. The summed E-state index contributed by atoms with van der Waals surface area (Å²) in [6.07, 6.45) is 0. The lowest BCUT2D eigenvalue weighted by atomic mass is 10.0. The van der Waals surface area contributed by atoms with Gasteiger partial charge in [-0.25, -0.2) is 0 Å². The van der Waals surface area contributed by atoms with E-state index < -0.39 is 0 Å². The van der Waals surface area contributed by atoms with Gasteiger partial charge in [-0.1, -0.05) is 36.8 Å². The number of hydrogen-bond donors (Lipinski definition) is 0. The number of nitrogens with zero attached hydrogens (tertiary/aromatic N) is 3. The fourth-order valence-electron chi connectivity index (χ4n) is 2.81. The normalized spacial score (nSPS) is 22.9. The van der Waals surface area contributed by atoms with Crippen molar-refractivity contribution in [1.29, 1.82) is 5.26 Å². The first kappa shape index (κ1) is 14.0. The molecule has 0 radical (unpaired) electrons. The molecule has 0 N–H and O–H groups in total. The maximum Gasteiger partial charge on any atom is 0.124 e. The minimum atomic E-state index is -0.116. The van der Waals surface area contributed by atoms with Gasteiger partial charge in [0.05, 0.1) is 6.07 Å². The fourth-order valence-corrected chi connectivity index (χ4v) is 2.81. The summed E-state index contributed by atoms with van der Waals surface area (Å²) < 4.78 is 0. The highest BCUT2D eigenvalue weighted by atomic mass is 15.3. The number of likely N-dealkylation sites (N-methyl/N-ethyl adjacent to an activating group) is 1. The summed E-state index contributed by atoms with van der Waals surface area (Å²) >= 11 is 0. The van der Waals surface area contributed by atoms with Gasteiger partial charge in [-0.3, -0.25) is 4.90 Å². The molecule has 2 rings (SSSR count). The largest absolute Gasteiger partial charge is 0.301 e. The molecule has 0 bridgehead atoms. The van der Waals surface area contributed by atoms with Gasteiger partial charge in [0.1, 0.15) is 6.04 Å². The highest BCUT2D eigenvalue weighted by molar-refractivity contribution is 5.28. The van der Waals surface area contributed by atoms with Crippen molar-refractivity contribution < 1.29 is 0 Å². The van der Waals surface area contributed by atoms with Gasteiger partial charge in [0.2, 0.25) is 0 Å². The number of aryl methyl sites for hydroxylation is 1. The van der Waals surface area contributed by atoms with E-state index in [0.29, 0.717) is 6.04 Å². The van der Waals surface area contributed by atoms with Crippen LogP contribution in [0.2, 0.25) is 0 Å². The van der Waals surface area contributed by atoms with Crippen LogP contribution < -0.4 is 0 Å². The zero-order valence-electron chi connectivity index (χ0n) is 12.1. The quantitative estimate of drug-likeness (QED) is 0.833. The van der Waals surface area contributed by atoms with Gasteiger partial charge < -0.3 is 4.90 Å². The molecule has 0 saturated carbocycles. The third-order valence-electron chi connectivity index (χ3n) is 4.06. The van der Waals surface area contributed by atoms with Crippen LogP contribution in [0.5, 0.6) is 0 Å². The number of nitriles is 1. The number of piperazine rings is 1. The van der Waals surface area contributed by atoms with Gasteiger partial charge in [0.25, 0.3) is 0 Å². The van der Waals surface area contributed by atoms with Crippen LogP contribution in [0.1, 0.15) is 31.0 Å². The molecule has 3 nitrogen and oxygen atoms in total. The van der Waals surface area contributed by atoms with E-state index in [1.54, 1.807) is 0 Å². The molecule has 2 atom stereocenters. The summed E-state index contributed by atoms with van der Waals surface area (Å²) in [7, 11) is 0. The predicted octanol–water partition coefficient (Wildman–Crippen LogP) is 2.59. The van der Waals surface area contributed by atoms with E-state index >= 15 is 0 Å². The molecule has 1 saturated heterocycles. The van der Waals surface area contributed by atoms with Crippen LogP contribution in [0.25, 0.3) is 0 Å². The molecule has 102 valence electrons. The maximum atomic E-state index is 9.54. The molecule has 1 aliphatic heterocycles. The summed E-state index contributed by atoms with van der Waals surface area (Å²) in [5.74, 6) is 0. The Morgan fingerprint density at radius 1 is 1.32 bits per heavy atom. The summed E-state index contributed by atoms with van der Waals surface area (Å²) in [5.41, 5.74) is 2.36. The van der Waals surface area contributed by atoms with Crippen molar-refractivity contribution >= 4 is 0 Å². The van der Waals surface area contributed by atoms with E-state index in [-0.39, 0.29) is 6.04 Å². The van der Waals surface area contributed by atoms with Crippen LogP contribution >= 0.6 is 0 Å². The van der Waals surface area contributed by atoms with Gasteiger partial charge in [-0.2, -0.15) is 5.26 Å². The van der Waals surface area contributed by atoms with E-state index in [2.05, 4.69) is 60.9 Å². The summed E-state index contributed by atoms with van der Waals surface area (Å²) in [5, 5.41) is 9.54. The first-order valence-corrected chi connectivity index (χ1v) is 7.10. The minimum absolute atomic E-state index is 0.116. The van der Waals surface area contributed by atoms with E-state index in [9.17, 15) is 5.26 Å². The second-order valence-corrected chi connectivity index (χ2v) is 5.42. The number of rotatable bonds is 3. The molecule has 0 aliphatic carbocycles. The first-order chi connectivity index (χ1) is 9.15. The molecular weight excluding hydrogens is 234 g/mol. The van der Waals surface area contributed by atoms with Crippen molar-refractivity contribution in [1.82, 2.24) is 9.80 Å². The highest BCUT2D eigenvalue weighted by Gasteiger charge is 2.29. The summed E-state index contributed by atoms with van der Waals surface area (Å²) in [4.78, 5) is 4.78. The Kier molecular flexibility index (Phi) is 4.57. The second kappa shape index (κ2) is 6.18. The second-order valence-electron chi connectivity index (χ2n) is 5.42. The van der Waals surface area contributed by atoms with Gasteiger partial charge in [0, 0.05) is 25.7 Å². The Bertz CT molecular complexity index is 446. The van der Waals surface area contributed by atoms with E-state index in [0.717, 1.165) is 31.7 Å². The average Bonchev–Trinajstić information content (AvgIpc) is 2.43. The Hall–Kier alpha value is -1.37. The van der Waals surface area contributed by atoms with Crippen molar-refractivity contribution in [3.8, 4) is 6.07 Å². The van der Waals surface area contributed by atoms with Crippen molar-refractivity contribution in [2.45, 2.75) is 32.9 Å². The van der Waals surface area contributed by atoms with Crippen LogP contribution in [0.15, 0.2) is 24.3 Å². The lowest BCUT2D eigenvalue weighted by Gasteiger charge is -2.41. The molecule has 1 heterocycles. The topological polar surface area (TPSA) is 30.3 Å². The molecule has 0 spiro atoms. The van der Waals surface area contributed by atoms with Crippen LogP contribution in [-0.4, -0.2) is 42.0 Å². The van der Waals surface area contributed by atoms with Crippen molar-refractivity contribution in [3.63, 3.8) is 0 Å². The molecule has 2 unspecified atom stereocenters. The van der Waals surface area contributed by atoms with E-state index in [1.807, 2.05) is 0 Å². The van der Waals surface area contributed by atoms with Gasteiger partial charge in [-0.05, 0) is 26.0 Å². The van der Waals surface area contributed by atoms with E-state index in [4.69, 9.17) is 0 Å². The number of hydrogen-bond acceptors (Lipinski definition) is 3. The zero-order chi connectivity index (χ0) is 13.8. The predicted molar refractivity (Wildman–Crippen MR) is 77.8 cm³/mol. The molecule has 0 amide bonds. The molecular formula is C16H23N3. The molecule has 0 aromatic heterocycles. The third-order valence-corrected chi connectivity index (χ3v) is 4.06. The van der Waals surface area contributed by atoms with Gasteiger partial charge in [0.15, 0.2) is 0 Å². The average molecular weight is 257 g/mol. The van der Waals surface area contributed by atoms with E-state index in [1.165, 1.54) is 5.56 Å². The van der Waals surface area contributed by atoms with Crippen LogP contribution in [0, 0.1) is 18.3 Å². The molecule has 19 heavy (non-hydrogen) atoms. The third kappa shape index (κ3) is 3.15. The first-order valence-electron chi connectivity index (χ1n) is 7.10. The molecule has 1 aromatic rings. The van der Waals surface area contributed by atoms with Crippen molar-refractivity contribution in [2.75, 3.05) is 26.2 Å². The van der Waals surface area contributed by atoms with Crippen LogP contribution in [-0.2, 0) is 0 Å². The molecule has 1 aromatic carbocycles. The zero-order valence-corrected chi connectivity index (χ0v) is 12.1. The Morgan fingerprint density at radius 2 is 2.00 bits per heavy atom. The van der Waals surface area contributed by atoms with Crippen molar-refractivity contribution in [2.24, 2.45) is 0 Å².